The third-order valence-electron chi connectivity index (χ3n) is 3.78. The van der Waals surface area contributed by atoms with E-state index in [9.17, 15) is 18.0 Å². The Hall–Kier alpha value is -3.35. The standard InChI is InChI=1S/C21H16F3NO3/c1-2-27-20-16(13-15-5-3-4-6-18(15)25-20)9-12-19(26)14-7-10-17(11-8-14)28-21(22,23)24/h3-13H,2H2,1H3/b12-9+. The first-order chi connectivity index (χ1) is 13.4. The Bertz CT molecular complexity index is 1010. The number of hydrogen-bond acceptors (Lipinski definition) is 4. The first-order valence-electron chi connectivity index (χ1n) is 8.46. The second-order valence-corrected chi connectivity index (χ2v) is 5.78. The first kappa shape index (κ1) is 19.4. The number of rotatable bonds is 6. The summed E-state index contributed by atoms with van der Waals surface area (Å²) in [7, 11) is 0. The number of hydrogen-bond donors (Lipinski definition) is 0. The number of nitrogens with zero attached hydrogens (tertiary/aromatic N) is 1. The third-order valence-corrected chi connectivity index (χ3v) is 3.78. The lowest BCUT2D eigenvalue weighted by molar-refractivity contribution is -0.274. The molecule has 0 aliphatic rings. The number of benzene rings is 2. The highest BCUT2D eigenvalue weighted by Crippen LogP contribution is 2.25. The molecule has 0 spiro atoms. The molecule has 1 heterocycles. The van der Waals surface area contributed by atoms with Crippen molar-refractivity contribution in [1.29, 1.82) is 0 Å². The van der Waals surface area contributed by atoms with Crippen molar-refractivity contribution >= 4 is 22.8 Å². The molecule has 3 rings (SSSR count). The minimum atomic E-state index is -4.77. The fourth-order valence-corrected chi connectivity index (χ4v) is 2.57. The van der Waals surface area contributed by atoms with E-state index in [-0.39, 0.29) is 17.1 Å². The largest absolute Gasteiger partial charge is 0.573 e. The van der Waals surface area contributed by atoms with Crippen LogP contribution in [0.3, 0.4) is 0 Å². The van der Waals surface area contributed by atoms with Crippen LogP contribution in [0.15, 0.2) is 60.7 Å². The van der Waals surface area contributed by atoms with Crippen molar-refractivity contribution in [2.45, 2.75) is 13.3 Å². The summed E-state index contributed by atoms with van der Waals surface area (Å²) in [6.07, 6.45) is -1.87. The second-order valence-electron chi connectivity index (χ2n) is 5.78. The number of allylic oxidation sites excluding steroid dienone is 1. The van der Waals surface area contributed by atoms with Gasteiger partial charge in [-0.05, 0) is 55.5 Å². The van der Waals surface area contributed by atoms with E-state index >= 15 is 0 Å². The Morgan fingerprint density at radius 1 is 1.11 bits per heavy atom. The van der Waals surface area contributed by atoms with Crippen LogP contribution in [0.2, 0.25) is 0 Å². The molecule has 7 heteroatoms. The van der Waals surface area contributed by atoms with E-state index in [1.165, 1.54) is 18.2 Å². The third kappa shape index (κ3) is 4.88. The summed E-state index contributed by atoms with van der Waals surface area (Å²) in [6.45, 7) is 2.25. The smallest absolute Gasteiger partial charge is 0.478 e. The van der Waals surface area contributed by atoms with Crippen molar-refractivity contribution in [3.8, 4) is 11.6 Å². The Morgan fingerprint density at radius 2 is 1.82 bits per heavy atom. The SMILES string of the molecule is CCOc1nc2ccccc2cc1/C=C/C(=O)c1ccc(OC(F)(F)F)cc1. The van der Waals surface area contributed by atoms with Crippen LogP contribution >= 0.6 is 0 Å². The Balaban J connectivity index is 1.82. The normalized spacial score (nSPS) is 11.7. The molecule has 1 aromatic heterocycles. The molecule has 0 amide bonds. The topological polar surface area (TPSA) is 48.4 Å². The summed E-state index contributed by atoms with van der Waals surface area (Å²) < 4.78 is 46.0. The van der Waals surface area contributed by atoms with Gasteiger partial charge in [0.05, 0.1) is 12.1 Å². The molecule has 0 saturated carbocycles. The van der Waals surface area contributed by atoms with Crippen molar-refractivity contribution in [1.82, 2.24) is 4.98 Å². The van der Waals surface area contributed by atoms with Gasteiger partial charge in [0.2, 0.25) is 5.88 Å². The molecule has 0 fully saturated rings. The number of carbonyl (C=O) groups is 1. The lowest BCUT2D eigenvalue weighted by atomic mass is 10.1. The predicted octanol–water partition coefficient (Wildman–Crippen LogP) is 5.43. The number of fused-ring (bicyclic) bond motifs is 1. The molecule has 0 unspecified atom stereocenters. The van der Waals surface area contributed by atoms with E-state index in [2.05, 4.69) is 9.72 Å². The average molecular weight is 387 g/mol. The van der Waals surface area contributed by atoms with Crippen LogP contribution in [-0.2, 0) is 0 Å². The van der Waals surface area contributed by atoms with Gasteiger partial charge in [0.15, 0.2) is 5.78 Å². The zero-order valence-corrected chi connectivity index (χ0v) is 14.9. The van der Waals surface area contributed by atoms with Crippen LogP contribution in [0.1, 0.15) is 22.8 Å². The van der Waals surface area contributed by atoms with Crippen LogP contribution in [0.4, 0.5) is 13.2 Å². The molecule has 0 N–H and O–H groups in total. The summed E-state index contributed by atoms with van der Waals surface area (Å²) in [6, 6.07) is 14.1. The lowest BCUT2D eigenvalue weighted by Gasteiger charge is -2.09. The van der Waals surface area contributed by atoms with Gasteiger partial charge in [0.25, 0.3) is 0 Å². The maximum atomic E-state index is 12.3. The number of aromatic nitrogens is 1. The summed E-state index contributed by atoms with van der Waals surface area (Å²) in [4.78, 5) is 16.8. The van der Waals surface area contributed by atoms with E-state index in [0.29, 0.717) is 18.1 Å². The van der Waals surface area contributed by atoms with Crippen LogP contribution < -0.4 is 9.47 Å². The first-order valence-corrected chi connectivity index (χ1v) is 8.46. The minimum absolute atomic E-state index is 0.234. The zero-order valence-electron chi connectivity index (χ0n) is 14.9. The van der Waals surface area contributed by atoms with Crippen molar-refractivity contribution in [2.75, 3.05) is 6.61 Å². The summed E-state index contributed by atoms with van der Waals surface area (Å²) >= 11 is 0. The van der Waals surface area contributed by atoms with Crippen LogP contribution in [0.25, 0.3) is 17.0 Å². The molecule has 0 radical (unpaired) electrons. The molecule has 0 saturated heterocycles. The summed E-state index contributed by atoms with van der Waals surface area (Å²) in [5, 5.41) is 0.895. The van der Waals surface area contributed by atoms with Gasteiger partial charge < -0.3 is 9.47 Å². The van der Waals surface area contributed by atoms with E-state index in [4.69, 9.17) is 4.74 Å². The summed E-state index contributed by atoms with van der Waals surface area (Å²) in [5.41, 5.74) is 1.64. The number of alkyl halides is 3. The number of para-hydroxylation sites is 1. The van der Waals surface area contributed by atoms with E-state index in [0.717, 1.165) is 23.0 Å². The van der Waals surface area contributed by atoms with Gasteiger partial charge in [0, 0.05) is 16.5 Å². The lowest BCUT2D eigenvalue weighted by Crippen LogP contribution is -2.17. The molecule has 0 bridgehead atoms. The van der Waals surface area contributed by atoms with Gasteiger partial charge in [0.1, 0.15) is 5.75 Å². The maximum Gasteiger partial charge on any atom is 0.573 e. The van der Waals surface area contributed by atoms with Gasteiger partial charge >= 0.3 is 6.36 Å². The van der Waals surface area contributed by atoms with Crippen LogP contribution in [-0.4, -0.2) is 23.7 Å². The zero-order chi connectivity index (χ0) is 20.1. The number of ketones is 1. The van der Waals surface area contributed by atoms with Gasteiger partial charge in [-0.1, -0.05) is 18.2 Å². The molecule has 0 aliphatic carbocycles. The fraction of sp³-hybridized carbons (Fsp3) is 0.143. The Morgan fingerprint density at radius 3 is 2.50 bits per heavy atom. The van der Waals surface area contributed by atoms with Crippen molar-refractivity contribution < 1.29 is 27.4 Å². The average Bonchev–Trinajstić information content (AvgIpc) is 2.65. The molecule has 0 aliphatic heterocycles. The highest BCUT2D eigenvalue weighted by atomic mass is 19.4. The highest BCUT2D eigenvalue weighted by Gasteiger charge is 2.31. The van der Waals surface area contributed by atoms with E-state index in [1.807, 2.05) is 37.3 Å². The maximum absolute atomic E-state index is 12.3. The number of carbonyl (C=O) groups excluding carboxylic acids is 1. The molecule has 2 aromatic carbocycles. The predicted molar refractivity (Wildman–Crippen MR) is 99.4 cm³/mol. The monoisotopic (exact) mass is 387 g/mol. The van der Waals surface area contributed by atoms with E-state index in [1.54, 1.807) is 6.08 Å². The molecule has 144 valence electrons. The molecule has 28 heavy (non-hydrogen) atoms. The van der Waals surface area contributed by atoms with Crippen molar-refractivity contribution in [3.05, 3.63) is 71.8 Å². The van der Waals surface area contributed by atoms with Crippen molar-refractivity contribution in [3.63, 3.8) is 0 Å². The van der Waals surface area contributed by atoms with E-state index < -0.39 is 6.36 Å². The molecule has 4 nitrogen and oxygen atoms in total. The molecular weight excluding hydrogens is 371 g/mol. The van der Waals surface area contributed by atoms with Gasteiger partial charge in [-0.3, -0.25) is 4.79 Å². The molecular formula is C21H16F3NO3. The number of halogens is 3. The second kappa shape index (κ2) is 8.12. The van der Waals surface area contributed by atoms with Gasteiger partial charge in [-0.2, -0.15) is 0 Å². The summed E-state index contributed by atoms with van der Waals surface area (Å²) in [5.74, 6) is -0.348. The quantitative estimate of drug-likeness (QED) is 0.418. The van der Waals surface area contributed by atoms with Crippen LogP contribution in [0, 0.1) is 0 Å². The number of pyridine rings is 1. The van der Waals surface area contributed by atoms with Gasteiger partial charge in [-0.25, -0.2) is 4.98 Å². The van der Waals surface area contributed by atoms with Crippen molar-refractivity contribution in [2.24, 2.45) is 0 Å². The Labute approximate surface area is 159 Å². The van der Waals surface area contributed by atoms with Crippen LogP contribution in [0.5, 0.6) is 11.6 Å². The minimum Gasteiger partial charge on any atom is -0.478 e. The molecule has 3 aromatic rings. The van der Waals surface area contributed by atoms with Gasteiger partial charge in [-0.15, -0.1) is 13.2 Å². The number of ether oxygens (including phenoxy) is 2. The molecule has 0 atom stereocenters. The fourth-order valence-electron chi connectivity index (χ4n) is 2.57. The Kier molecular flexibility index (Phi) is 5.63. The highest BCUT2D eigenvalue weighted by molar-refractivity contribution is 6.07.